The van der Waals surface area contributed by atoms with E-state index >= 15 is 0 Å². The summed E-state index contributed by atoms with van der Waals surface area (Å²) in [5.41, 5.74) is -0.252. The monoisotopic (exact) mass is 257 g/mol. The Balaban J connectivity index is 2.39. The first kappa shape index (κ1) is 15.0. The smallest absolute Gasteiger partial charge is 0.306 e. The third kappa shape index (κ3) is 4.29. The third-order valence-corrected chi connectivity index (χ3v) is 3.35. The summed E-state index contributed by atoms with van der Waals surface area (Å²) in [5.74, 6) is -0.302. The Morgan fingerprint density at radius 2 is 2.06 bits per heavy atom. The molecule has 0 saturated carbocycles. The van der Waals surface area contributed by atoms with Crippen molar-refractivity contribution in [2.75, 3.05) is 26.8 Å². The lowest BCUT2D eigenvalue weighted by atomic mass is 9.94. The number of amides is 1. The lowest BCUT2D eigenvalue weighted by molar-refractivity contribution is -0.147. The van der Waals surface area contributed by atoms with Crippen molar-refractivity contribution in [3.05, 3.63) is 0 Å². The van der Waals surface area contributed by atoms with Crippen molar-refractivity contribution in [1.29, 1.82) is 0 Å². The topological polar surface area (TPSA) is 55.8 Å². The first-order valence-corrected chi connectivity index (χ1v) is 6.49. The molecule has 1 rings (SSSR count). The van der Waals surface area contributed by atoms with E-state index < -0.39 is 0 Å². The molecular formula is C13H23NO4. The van der Waals surface area contributed by atoms with Gasteiger partial charge in [-0.05, 0) is 26.7 Å². The lowest BCUT2D eigenvalue weighted by Crippen LogP contribution is -2.49. The summed E-state index contributed by atoms with van der Waals surface area (Å²) in [6.45, 7) is 5.48. The third-order valence-electron chi connectivity index (χ3n) is 3.35. The molecule has 5 nitrogen and oxygen atoms in total. The molecule has 1 fully saturated rings. The van der Waals surface area contributed by atoms with Gasteiger partial charge >= 0.3 is 5.97 Å². The summed E-state index contributed by atoms with van der Waals surface area (Å²) in [7, 11) is 1.67. The zero-order valence-electron chi connectivity index (χ0n) is 11.5. The highest BCUT2D eigenvalue weighted by atomic mass is 16.5. The molecule has 5 heteroatoms. The van der Waals surface area contributed by atoms with E-state index in [-0.39, 0.29) is 30.3 Å². The van der Waals surface area contributed by atoms with E-state index in [1.165, 1.54) is 0 Å². The van der Waals surface area contributed by atoms with Gasteiger partial charge in [-0.1, -0.05) is 0 Å². The fourth-order valence-corrected chi connectivity index (χ4v) is 2.19. The standard InChI is InChI=1S/C13H23NO4/c1-4-18-12(16)7-6-11(15)14-9-5-8-13(2,10-14)17-3/h4-10H2,1-3H3. The Kier molecular flexibility index (Phi) is 5.59. The van der Waals surface area contributed by atoms with Crippen LogP contribution < -0.4 is 0 Å². The maximum atomic E-state index is 12.0. The number of methoxy groups -OCH3 is 1. The first-order chi connectivity index (χ1) is 8.50. The number of rotatable bonds is 5. The summed E-state index contributed by atoms with van der Waals surface area (Å²) in [6, 6.07) is 0. The lowest BCUT2D eigenvalue weighted by Gasteiger charge is -2.39. The van der Waals surface area contributed by atoms with Crippen LogP contribution in [0, 0.1) is 0 Å². The van der Waals surface area contributed by atoms with Crippen molar-refractivity contribution < 1.29 is 19.1 Å². The predicted molar refractivity (Wildman–Crippen MR) is 67.1 cm³/mol. The molecule has 104 valence electrons. The van der Waals surface area contributed by atoms with Crippen LogP contribution in [0.4, 0.5) is 0 Å². The Morgan fingerprint density at radius 1 is 1.33 bits per heavy atom. The molecule has 1 saturated heterocycles. The Labute approximate surface area is 108 Å². The number of esters is 1. The molecule has 1 atom stereocenters. The van der Waals surface area contributed by atoms with E-state index in [0.717, 1.165) is 19.4 Å². The van der Waals surface area contributed by atoms with E-state index in [2.05, 4.69) is 0 Å². The van der Waals surface area contributed by atoms with Crippen LogP contribution in [0.5, 0.6) is 0 Å². The average molecular weight is 257 g/mol. The molecule has 1 unspecified atom stereocenters. The molecule has 1 aliphatic rings. The van der Waals surface area contributed by atoms with Crippen LogP contribution in [-0.4, -0.2) is 49.2 Å². The number of likely N-dealkylation sites (tertiary alicyclic amines) is 1. The Bertz CT molecular complexity index is 305. The highest BCUT2D eigenvalue weighted by Gasteiger charge is 2.32. The maximum Gasteiger partial charge on any atom is 0.306 e. The van der Waals surface area contributed by atoms with Crippen molar-refractivity contribution in [2.45, 2.75) is 45.1 Å². The van der Waals surface area contributed by atoms with Crippen molar-refractivity contribution in [2.24, 2.45) is 0 Å². The number of ether oxygens (including phenoxy) is 2. The van der Waals surface area contributed by atoms with Gasteiger partial charge in [-0.3, -0.25) is 9.59 Å². The van der Waals surface area contributed by atoms with Crippen LogP contribution in [0.1, 0.15) is 39.5 Å². The van der Waals surface area contributed by atoms with Gasteiger partial charge in [0.25, 0.3) is 0 Å². The van der Waals surface area contributed by atoms with Gasteiger partial charge in [0, 0.05) is 26.6 Å². The largest absolute Gasteiger partial charge is 0.466 e. The van der Waals surface area contributed by atoms with Crippen LogP contribution >= 0.6 is 0 Å². The van der Waals surface area contributed by atoms with Crippen LogP contribution in [0.15, 0.2) is 0 Å². The summed E-state index contributed by atoms with van der Waals surface area (Å²) >= 11 is 0. The fraction of sp³-hybridized carbons (Fsp3) is 0.846. The van der Waals surface area contributed by atoms with E-state index in [1.54, 1.807) is 18.9 Å². The molecule has 1 heterocycles. The SMILES string of the molecule is CCOC(=O)CCC(=O)N1CCCC(C)(OC)C1. The quantitative estimate of drug-likeness (QED) is 0.698. The zero-order valence-corrected chi connectivity index (χ0v) is 11.5. The van der Waals surface area contributed by atoms with Gasteiger partial charge in [-0.15, -0.1) is 0 Å². The number of piperidine rings is 1. The predicted octanol–water partition coefficient (Wildman–Crippen LogP) is 1.36. The van der Waals surface area contributed by atoms with E-state index in [4.69, 9.17) is 9.47 Å². The summed E-state index contributed by atoms with van der Waals surface area (Å²) in [6.07, 6.45) is 2.28. The number of hydrogen-bond acceptors (Lipinski definition) is 4. The van der Waals surface area contributed by atoms with Crippen molar-refractivity contribution in [1.82, 2.24) is 4.90 Å². The molecule has 1 aliphatic heterocycles. The van der Waals surface area contributed by atoms with Gasteiger partial charge in [0.15, 0.2) is 0 Å². The fourth-order valence-electron chi connectivity index (χ4n) is 2.19. The van der Waals surface area contributed by atoms with Gasteiger partial charge in [0.2, 0.25) is 5.91 Å². The molecule has 0 N–H and O–H groups in total. The first-order valence-electron chi connectivity index (χ1n) is 6.49. The minimum Gasteiger partial charge on any atom is -0.466 e. The summed E-state index contributed by atoms with van der Waals surface area (Å²) < 4.78 is 10.2. The number of nitrogens with zero attached hydrogens (tertiary/aromatic N) is 1. The molecule has 0 bridgehead atoms. The van der Waals surface area contributed by atoms with Gasteiger partial charge in [-0.25, -0.2) is 0 Å². The molecule has 0 aromatic rings. The Morgan fingerprint density at radius 3 is 2.67 bits per heavy atom. The van der Waals surface area contributed by atoms with Crippen LogP contribution in [0.2, 0.25) is 0 Å². The van der Waals surface area contributed by atoms with Gasteiger partial charge in [-0.2, -0.15) is 0 Å². The van der Waals surface area contributed by atoms with Crippen LogP contribution in [0.25, 0.3) is 0 Å². The van der Waals surface area contributed by atoms with Gasteiger partial charge in [0.05, 0.1) is 18.6 Å². The summed E-state index contributed by atoms with van der Waals surface area (Å²) in [4.78, 5) is 25.0. The van der Waals surface area contributed by atoms with E-state index in [0.29, 0.717) is 13.2 Å². The van der Waals surface area contributed by atoms with Crippen molar-refractivity contribution in [3.8, 4) is 0 Å². The molecule has 0 spiro atoms. The molecule has 0 radical (unpaired) electrons. The molecule has 18 heavy (non-hydrogen) atoms. The number of carbonyl (C=O) groups is 2. The maximum absolute atomic E-state index is 12.0. The van der Waals surface area contributed by atoms with E-state index in [1.807, 2.05) is 6.92 Å². The number of hydrogen-bond donors (Lipinski definition) is 0. The second-order valence-corrected chi connectivity index (χ2v) is 4.88. The highest BCUT2D eigenvalue weighted by molar-refractivity contribution is 5.81. The molecular weight excluding hydrogens is 234 g/mol. The summed E-state index contributed by atoms with van der Waals surface area (Å²) in [5, 5.41) is 0. The van der Waals surface area contributed by atoms with Crippen molar-refractivity contribution >= 4 is 11.9 Å². The van der Waals surface area contributed by atoms with E-state index in [9.17, 15) is 9.59 Å². The van der Waals surface area contributed by atoms with Gasteiger partial charge in [0.1, 0.15) is 0 Å². The zero-order chi connectivity index (χ0) is 13.6. The van der Waals surface area contributed by atoms with Crippen molar-refractivity contribution in [3.63, 3.8) is 0 Å². The minimum atomic E-state index is -0.308. The molecule has 0 aromatic heterocycles. The van der Waals surface area contributed by atoms with Crippen LogP contribution in [-0.2, 0) is 19.1 Å². The molecule has 0 aliphatic carbocycles. The number of carbonyl (C=O) groups excluding carboxylic acids is 2. The minimum absolute atomic E-state index is 0.00558. The van der Waals surface area contributed by atoms with Crippen LogP contribution in [0.3, 0.4) is 0 Å². The second kappa shape index (κ2) is 6.73. The average Bonchev–Trinajstić information content (AvgIpc) is 2.36. The second-order valence-electron chi connectivity index (χ2n) is 4.88. The highest BCUT2D eigenvalue weighted by Crippen LogP contribution is 2.24. The van der Waals surface area contributed by atoms with Gasteiger partial charge < -0.3 is 14.4 Å². The molecule has 0 aromatic carbocycles. The Hall–Kier alpha value is -1.10. The normalized spacial score (nSPS) is 23.8. The molecule has 1 amide bonds.